The highest BCUT2D eigenvalue weighted by Crippen LogP contribution is 2.41. The van der Waals surface area contributed by atoms with Crippen molar-refractivity contribution in [3.05, 3.63) is 0 Å². The zero-order valence-corrected chi connectivity index (χ0v) is 11.0. The Kier molecular flexibility index (Phi) is 5.99. The van der Waals surface area contributed by atoms with Gasteiger partial charge in [-0.2, -0.15) is 0 Å². The maximum atomic E-state index is 6.07. The second kappa shape index (κ2) is 6.75. The van der Waals surface area contributed by atoms with Crippen molar-refractivity contribution in [1.82, 2.24) is 0 Å². The molecule has 0 aromatic heterocycles. The van der Waals surface area contributed by atoms with Gasteiger partial charge in [-0.25, -0.2) is 0 Å². The van der Waals surface area contributed by atoms with Gasteiger partial charge in [-0.3, -0.25) is 0 Å². The molecule has 0 amide bonds. The molecule has 1 rings (SSSR count). The molecule has 1 nitrogen and oxygen atoms in total. The summed E-state index contributed by atoms with van der Waals surface area (Å²) in [5.74, 6) is 1.57. The minimum Gasteiger partial charge on any atom is -0.381 e. The molecule has 1 aliphatic rings. The molecule has 90 valence electrons. The molecule has 1 fully saturated rings. The molecule has 0 aromatic rings. The van der Waals surface area contributed by atoms with Crippen molar-refractivity contribution in [2.45, 2.75) is 52.4 Å². The van der Waals surface area contributed by atoms with Crippen molar-refractivity contribution >= 4 is 11.6 Å². The van der Waals surface area contributed by atoms with Crippen LogP contribution in [0.15, 0.2) is 0 Å². The van der Waals surface area contributed by atoms with Crippen LogP contribution in [-0.2, 0) is 4.74 Å². The van der Waals surface area contributed by atoms with Crippen molar-refractivity contribution in [1.29, 1.82) is 0 Å². The summed E-state index contributed by atoms with van der Waals surface area (Å²) in [6.07, 6.45) is 7.67. The van der Waals surface area contributed by atoms with Gasteiger partial charge >= 0.3 is 0 Å². The van der Waals surface area contributed by atoms with Gasteiger partial charge in [0.1, 0.15) is 0 Å². The van der Waals surface area contributed by atoms with Gasteiger partial charge in [0, 0.05) is 19.1 Å². The van der Waals surface area contributed by atoms with Crippen LogP contribution in [0, 0.1) is 11.3 Å². The van der Waals surface area contributed by atoms with E-state index in [1.54, 1.807) is 0 Å². The highest BCUT2D eigenvalue weighted by atomic mass is 35.5. The summed E-state index contributed by atoms with van der Waals surface area (Å²) < 4.78 is 5.67. The molecule has 0 atom stereocenters. The van der Waals surface area contributed by atoms with Crippen LogP contribution in [-0.4, -0.2) is 19.1 Å². The van der Waals surface area contributed by atoms with Crippen LogP contribution in [0.4, 0.5) is 0 Å². The van der Waals surface area contributed by atoms with Crippen molar-refractivity contribution in [2.24, 2.45) is 11.3 Å². The van der Waals surface area contributed by atoms with Crippen molar-refractivity contribution in [2.75, 3.05) is 19.1 Å². The lowest BCUT2D eigenvalue weighted by Crippen LogP contribution is -2.21. The Bertz CT molecular complexity index is 162. The average molecular weight is 233 g/mol. The second-order valence-electron chi connectivity index (χ2n) is 5.39. The molecule has 0 unspecified atom stereocenters. The van der Waals surface area contributed by atoms with E-state index < -0.39 is 0 Å². The smallest absolute Gasteiger partial charge is 0.0471 e. The van der Waals surface area contributed by atoms with Crippen LogP contribution < -0.4 is 0 Å². The summed E-state index contributed by atoms with van der Waals surface area (Å²) in [6, 6.07) is 0. The van der Waals surface area contributed by atoms with Gasteiger partial charge in [0.15, 0.2) is 0 Å². The summed E-state index contributed by atoms with van der Waals surface area (Å²) in [4.78, 5) is 0. The fourth-order valence-electron chi connectivity index (χ4n) is 2.29. The van der Waals surface area contributed by atoms with E-state index in [1.165, 1.54) is 32.1 Å². The summed E-state index contributed by atoms with van der Waals surface area (Å²) in [5, 5.41) is 0. The number of ether oxygens (including phenoxy) is 1. The fraction of sp³-hybridized carbons (Fsp3) is 1.00. The summed E-state index contributed by atoms with van der Waals surface area (Å²) >= 11 is 6.07. The first-order valence-electron chi connectivity index (χ1n) is 6.32. The molecule has 1 saturated carbocycles. The Balaban J connectivity index is 2.07. The normalized spacial score (nSPS) is 20.0. The Morgan fingerprint density at radius 1 is 1.20 bits per heavy atom. The third-order valence-corrected chi connectivity index (χ3v) is 4.13. The van der Waals surface area contributed by atoms with E-state index in [4.69, 9.17) is 16.3 Å². The first kappa shape index (κ1) is 13.3. The number of hydrogen-bond acceptors (Lipinski definition) is 1. The Hall–Kier alpha value is 0.250. The second-order valence-corrected chi connectivity index (χ2v) is 5.65. The molecule has 0 aromatic carbocycles. The van der Waals surface area contributed by atoms with Crippen LogP contribution in [0.5, 0.6) is 0 Å². The molecule has 2 heteroatoms. The van der Waals surface area contributed by atoms with Gasteiger partial charge in [-0.1, -0.05) is 26.7 Å². The molecule has 0 N–H and O–H groups in total. The van der Waals surface area contributed by atoms with E-state index in [9.17, 15) is 0 Å². The van der Waals surface area contributed by atoms with Crippen LogP contribution in [0.3, 0.4) is 0 Å². The average Bonchev–Trinajstić information content (AvgIpc) is 2.66. The molecule has 0 radical (unpaired) electrons. The number of hydrogen-bond donors (Lipinski definition) is 0. The van der Waals surface area contributed by atoms with Gasteiger partial charge in [0.2, 0.25) is 0 Å². The first-order chi connectivity index (χ1) is 7.18. The molecule has 0 heterocycles. The van der Waals surface area contributed by atoms with E-state index in [0.29, 0.717) is 5.41 Å². The maximum Gasteiger partial charge on any atom is 0.0471 e. The van der Waals surface area contributed by atoms with Gasteiger partial charge in [-0.05, 0) is 37.0 Å². The van der Waals surface area contributed by atoms with Crippen LogP contribution in [0.1, 0.15) is 52.4 Å². The van der Waals surface area contributed by atoms with Gasteiger partial charge in [-0.15, -0.1) is 11.6 Å². The molecule has 0 bridgehead atoms. The Morgan fingerprint density at radius 2 is 1.87 bits per heavy atom. The zero-order chi connectivity index (χ0) is 11.1. The largest absolute Gasteiger partial charge is 0.381 e. The fourth-order valence-corrected chi connectivity index (χ4v) is 2.69. The van der Waals surface area contributed by atoms with Crippen LogP contribution in [0.25, 0.3) is 0 Å². The topological polar surface area (TPSA) is 9.23 Å². The van der Waals surface area contributed by atoms with Gasteiger partial charge in [0.25, 0.3) is 0 Å². The summed E-state index contributed by atoms with van der Waals surface area (Å²) in [6.45, 7) is 6.29. The molecule has 15 heavy (non-hydrogen) atoms. The lowest BCUT2D eigenvalue weighted by molar-refractivity contribution is 0.0937. The Morgan fingerprint density at radius 3 is 2.40 bits per heavy atom. The van der Waals surface area contributed by atoms with E-state index in [2.05, 4.69) is 13.8 Å². The summed E-state index contributed by atoms with van der Waals surface area (Å²) in [7, 11) is 0. The molecule has 0 saturated heterocycles. The lowest BCUT2D eigenvalue weighted by Gasteiger charge is -2.25. The van der Waals surface area contributed by atoms with E-state index in [1.807, 2.05) is 0 Å². The van der Waals surface area contributed by atoms with Gasteiger partial charge < -0.3 is 4.74 Å². The number of alkyl halides is 1. The Labute approximate surface area is 99.5 Å². The predicted octanol–water partition coefficient (Wildman–Crippen LogP) is 4.24. The third kappa shape index (κ3) is 4.74. The SMILES string of the molecule is CC(C)CCOCCC1(CCl)CCCC1. The van der Waals surface area contributed by atoms with Crippen LogP contribution in [0.2, 0.25) is 0 Å². The monoisotopic (exact) mass is 232 g/mol. The number of halogens is 1. The molecule has 0 aliphatic heterocycles. The maximum absolute atomic E-state index is 6.07. The van der Waals surface area contributed by atoms with E-state index in [0.717, 1.165) is 31.4 Å². The van der Waals surface area contributed by atoms with E-state index >= 15 is 0 Å². The quantitative estimate of drug-likeness (QED) is 0.471. The zero-order valence-electron chi connectivity index (χ0n) is 10.2. The first-order valence-corrected chi connectivity index (χ1v) is 6.86. The highest BCUT2D eigenvalue weighted by Gasteiger charge is 2.32. The third-order valence-electron chi connectivity index (χ3n) is 3.56. The van der Waals surface area contributed by atoms with Gasteiger partial charge in [0.05, 0.1) is 0 Å². The molecule has 0 spiro atoms. The predicted molar refractivity (Wildman–Crippen MR) is 66.5 cm³/mol. The van der Waals surface area contributed by atoms with Crippen molar-refractivity contribution in [3.8, 4) is 0 Å². The highest BCUT2D eigenvalue weighted by molar-refractivity contribution is 6.18. The molecular weight excluding hydrogens is 208 g/mol. The standard InChI is InChI=1S/C13H25ClO/c1-12(2)5-9-15-10-8-13(11-14)6-3-4-7-13/h12H,3-11H2,1-2H3. The van der Waals surface area contributed by atoms with Crippen LogP contribution >= 0.6 is 11.6 Å². The number of rotatable bonds is 7. The minimum absolute atomic E-state index is 0.416. The van der Waals surface area contributed by atoms with Crippen molar-refractivity contribution in [3.63, 3.8) is 0 Å². The lowest BCUT2D eigenvalue weighted by atomic mass is 9.85. The van der Waals surface area contributed by atoms with Crippen molar-refractivity contribution < 1.29 is 4.74 Å². The summed E-state index contributed by atoms with van der Waals surface area (Å²) in [5.41, 5.74) is 0.416. The van der Waals surface area contributed by atoms with E-state index in [-0.39, 0.29) is 0 Å². The minimum atomic E-state index is 0.416. The molecular formula is C13H25ClO. The molecule has 1 aliphatic carbocycles.